The zero-order chi connectivity index (χ0) is 22.0. The summed E-state index contributed by atoms with van der Waals surface area (Å²) in [7, 11) is 1.43. The average Bonchev–Trinajstić information content (AvgIpc) is 2.57. The van der Waals surface area contributed by atoms with Crippen molar-refractivity contribution in [3.8, 4) is 0 Å². The summed E-state index contributed by atoms with van der Waals surface area (Å²) in [6.45, 7) is 2.44. The number of carbonyl (C=O) groups excluding carboxylic acids is 3. The molecule has 1 aromatic heterocycles. The van der Waals surface area contributed by atoms with Crippen LogP contribution in [-0.2, 0) is 20.4 Å². The summed E-state index contributed by atoms with van der Waals surface area (Å²) in [5.41, 5.74) is -7.65. The molecule has 1 heterocycles. The van der Waals surface area contributed by atoms with Gasteiger partial charge in [0.25, 0.3) is 6.43 Å². The number of methoxy groups -OCH3 is 2. The van der Waals surface area contributed by atoms with E-state index in [0.717, 1.165) is 7.11 Å². The average molecular weight is 435 g/mol. The van der Waals surface area contributed by atoms with Crippen molar-refractivity contribution in [1.29, 1.82) is 0 Å². The summed E-state index contributed by atoms with van der Waals surface area (Å²) in [5.74, 6) is -8.42. The number of halogens is 5. The maximum atomic E-state index is 13.5. The maximum absolute atomic E-state index is 13.5. The Kier molecular flexibility index (Phi) is 9.67. The first-order chi connectivity index (χ1) is 12.8. The van der Waals surface area contributed by atoms with Gasteiger partial charge in [-0.05, 0) is 11.5 Å². The van der Waals surface area contributed by atoms with Crippen molar-refractivity contribution in [3.63, 3.8) is 0 Å². The van der Waals surface area contributed by atoms with Crippen molar-refractivity contribution < 1.29 is 80.5 Å². The summed E-state index contributed by atoms with van der Waals surface area (Å²) in [6, 6.07) is 0. The number of alkyl halides is 5. The van der Waals surface area contributed by atoms with Gasteiger partial charge in [0.1, 0.15) is 5.69 Å². The normalized spacial score (nSPS) is 12.4. The van der Waals surface area contributed by atoms with Crippen LogP contribution >= 0.6 is 0 Å². The fourth-order valence-corrected chi connectivity index (χ4v) is 2.65. The van der Waals surface area contributed by atoms with Crippen LogP contribution in [0, 0.1) is 5.92 Å². The predicted octanol–water partition coefficient (Wildman–Crippen LogP) is -0.895. The van der Waals surface area contributed by atoms with E-state index in [4.69, 9.17) is 0 Å². The minimum absolute atomic E-state index is 0. The van der Waals surface area contributed by atoms with Gasteiger partial charge in [-0.3, -0.25) is 0 Å². The number of ether oxygens (including phenoxy) is 2. The quantitative estimate of drug-likeness (QED) is 0.324. The van der Waals surface area contributed by atoms with E-state index in [1.807, 2.05) is 0 Å². The van der Waals surface area contributed by atoms with Gasteiger partial charge in [0.2, 0.25) is 0 Å². The molecule has 0 aliphatic heterocycles. The largest absolute Gasteiger partial charge is 1.00 e. The molecular weight excluding hydrogens is 420 g/mol. The Labute approximate surface area is 183 Å². The number of pyridine rings is 1. The molecule has 1 aromatic rings. The molecule has 1 rings (SSSR count). The van der Waals surface area contributed by atoms with E-state index < -0.39 is 70.4 Å². The number of carboxylic acid groups (broad SMARTS) is 1. The van der Waals surface area contributed by atoms with E-state index in [2.05, 4.69) is 14.5 Å². The summed E-state index contributed by atoms with van der Waals surface area (Å²) in [6.07, 6.45) is -9.15. The molecule has 0 aliphatic carbocycles. The molecule has 156 valence electrons. The molecule has 1 unspecified atom stereocenters. The first-order valence-electron chi connectivity index (χ1n) is 7.60. The summed E-state index contributed by atoms with van der Waals surface area (Å²) in [4.78, 5) is 38.5. The second-order valence-electron chi connectivity index (χ2n) is 5.83. The van der Waals surface area contributed by atoms with E-state index >= 15 is 0 Å². The standard InChI is InChI=1S/C16H16F5NO6.Na/c1-5(2)6(13(23)24)7-8(14(25)27-3)10(12(17)18)22-11(16(19,20)21)9(7)15(26)28-4;/h5-6,12H,1-4H3,(H,23,24);/q;+1/p-1. The first kappa shape index (κ1) is 27.2. The molecule has 0 saturated carbocycles. The molecule has 0 fully saturated rings. The van der Waals surface area contributed by atoms with Crippen molar-refractivity contribution in [2.75, 3.05) is 14.2 Å². The predicted molar refractivity (Wildman–Crippen MR) is 79.5 cm³/mol. The van der Waals surface area contributed by atoms with Crippen molar-refractivity contribution in [2.24, 2.45) is 5.92 Å². The van der Waals surface area contributed by atoms with Crippen molar-refractivity contribution in [1.82, 2.24) is 4.98 Å². The monoisotopic (exact) mass is 435 g/mol. The number of carbonyl (C=O) groups is 3. The van der Waals surface area contributed by atoms with E-state index in [0.29, 0.717) is 7.11 Å². The number of carboxylic acids is 1. The molecule has 29 heavy (non-hydrogen) atoms. The first-order valence-corrected chi connectivity index (χ1v) is 7.60. The van der Waals surface area contributed by atoms with Gasteiger partial charge in [0.15, 0.2) is 5.69 Å². The topological polar surface area (TPSA) is 106 Å². The van der Waals surface area contributed by atoms with Crippen LogP contribution < -0.4 is 34.7 Å². The molecule has 7 nitrogen and oxygen atoms in total. The number of aromatic nitrogens is 1. The minimum atomic E-state index is -5.44. The van der Waals surface area contributed by atoms with Crippen molar-refractivity contribution in [3.05, 3.63) is 28.1 Å². The van der Waals surface area contributed by atoms with Crippen LogP contribution in [0.5, 0.6) is 0 Å². The van der Waals surface area contributed by atoms with Gasteiger partial charge in [-0.2, -0.15) is 13.2 Å². The molecule has 0 amide bonds. The van der Waals surface area contributed by atoms with Gasteiger partial charge in [-0.1, -0.05) is 13.8 Å². The van der Waals surface area contributed by atoms with Crippen LogP contribution in [0.1, 0.15) is 63.9 Å². The van der Waals surface area contributed by atoms with E-state index in [9.17, 15) is 41.4 Å². The molecule has 0 saturated heterocycles. The molecular formula is C16H15F5NNaO6. The fraction of sp³-hybridized carbons (Fsp3) is 0.500. The van der Waals surface area contributed by atoms with E-state index in [1.54, 1.807) is 0 Å². The molecule has 0 N–H and O–H groups in total. The fourth-order valence-electron chi connectivity index (χ4n) is 2.65. The second kappa shape index (κ2) is 10.3. The molecule has 0 bridgehead atoms. The van der Waals surface area contributed by atoms with Crippen LogP contribution in [0.3, 0.4) is 0 Å². The Morgan fingerprint density at radius 3 is 1.76 bits per heavy atom. The second-order valence-corrected chi connectivity index (χ2v) is 5.83. The number of aliphatic carboxylic acids is 1. The van der Waals surface area contributed by atoms with Gasteiger partial charge in [-0.15, -0.1) is 0 Å². The smallest absolute Gasteiger partial charge is 0.549 e. The van der Waals surface area contributed by atoms with Crippen LogP contribution in [0.25, 0.3) is 0 Å². The zero-order valence-corrected chi connectivity index (χ0v) is 18.0. The third-order valence-corrected chi connectivity index (χ3v) is 3.75. The Balaban J connectivity index is 0.00000784. The number of nitrogens with zero attached hydrogens (tertiary/aromatic N) is 1. The van der Waals surface area contributed by atoms with Gasteiger partial charge in [-0.25, -0.2) is 23.4 Å². The summed E-state index contributed by atoms with van der Waals surface area (Å²) >= 11 is 0. The van der Waals surface area contributed by atoms with Crippen LogP contribution in [0.2, 0.25) is 0 Å². The summed E-state index contributed by atoms with van der Waals surface area (Å²) < 4.78 is 75.8. The number of esters is 2. The molecule has 0 spiro atoms. The molecule has 0 aliphatic rings. The third kappa shape index (κ3) is 5.64. The molecule has 0 radical (unpaired) electrons. The molecule has 13 heteroatoms. The Bertz CT molecular complexity index is 797. The minimum Gasteiger partial charge on any atom is -0.549 e. The molecule has 0 aromatic carbocycles. The van der Waals surface area contributed by atoms with Crippen LogP contribution in [0.15, 0.2) is 0 Å². The zero-order valence-electron chi connectivity index (χ0n) is 16.0. The van der Waals surface area contributed by atoms with Gasteiger partial charge >= 0.3 is 47.7 Å². The van der Waals surface area contributed by atoms with Gasteiger partial charge in [0.05, 0.1) is 25.3 Å². The van der Waals surface area contributed by atoms with E-state index in [1.165, 1.54) is 13.8 Å². The Hall–Kier alpha value is -1.79. The number of hydrogen-bond donors (Lipinski definition) is 0. The summed E-state index contributed by atoms with van der Waals surface area (Å²) in [5, 5.41) is 11.6. The van der Waals surface area contributed by atoms with Gasteiger partial charge in [0, 0.05) is 11.9 Å². The number of hydrogen-bond acceptors (Lipinski definition) is 7. The number of rotatable bonds is 6. The van der Waals surface area contributed by atoms with Crippen molar-refractivity contribution in [2.45, 2.75) is 32.4 Å². The Morgan fingerprint density at radius 2 is 1.45 bits per heavy atom. The van der Waals surface area contributed by atoms with E-state index in [-0.39, 0.29) is 29.6 Å². The third-order valence-electron chi connectivity index (χ3n) is 3.75. The maximum Gasteiger partial charge on any atom is 1.00 e. The SMILES string of the molecule is COC(=O)c1c(C(F)F)nc(C(F)(F)F)c(C(=O)OC)c1C(C(=O)[O-])C(C)C.[Na+]. The van der Waals surface area contributed by atoms with Crippen molar-refractivity contribution >= 4 is 17.9 Å². The molecule has 1 atom stereocenters. The van der Waals surface area contributed by atoms with Crippen LogP contribution in [-0.4, -0.2) is 37.1 Å². The Morgan fingerprint density at radius 1 is 1.00 bits per heavy atom. The van der Waals surface area contributed by atoms with Crippen LogP contribution in [0.4, 0.5) is 22.0 Å². The van der Waals surface area contributed by atoms with Gasteiger partial charge < -0.3 is 19.4 Å².